The minimum atomic E-state index is 0.881. The van der Waals surface area contributed by atoms with Gasteiger partial charge in [-0.2, -0.15) is 0 Å². The van der Waals surface area contributed by atoms with Gasteiger partial charge in [0.25, 0.3) is 0 Å². The molecule has 0 unspecified atom stereocenters. The standard InChI is InChI=1S/C13H16BrN3/c1-17-9-8-16-13(17)6-7-15-10-11-4-2-3-5-12(11)14/h2-5,8-9,15H,6-7,10H2,1H3. The van der Waals surface area contributed by atoms with Crippen LogP contribution in [0, 0.1) is 0 Å². The van der Waals surface area contributed by atoms with Crippen LogP contribution in [0.25, 0.3) is 0 Å². The van der Waals surface area contributed by atoms with Gasteiger partial charge in [0, 0.05) is 43.4 Å². The highest BCUT2D eigenvalue weighted by Crippen LogP contribution is 2.15. The minimum absolute atomic E-state index is 0.881. The van der Waals surface area contributed by atoms with Crippen molar-refractivity contribution in [1.29, 1.82) is 0 Å². The van der Waals surface area contributed by atoms with Crippen LogP contribution in [0.1, 0.15) is 11.4 Å². The average molecular weight is 294 g/mol. The van der Waals surface area contributed by atoms with Crippen LogP contribution in [-0.2, 0) is 20.0 Å². The van der Waals surface area contributed by atoms with E-state index in [9.17, 15) is 0 Å². The second-order valence-corrected chi connectivity index (χ2v) is 4.83. The number of hydrogen-bond donors (Lipinski definition) is 1. The van der Waals surface area contributed by atoms with Crippen molar-refractivity contribution in [3.63, 3.8) is 0 Å². The quantitative estimate of drug-likeness (QED) is 0.859. The molecule has 0 aliphatic carbocycles. The molecular weight excluding hydrogens is 278 g/mol. The van der Waals surface area contributed by atoms with E-state index in [2.05, 4.69) is 49.0 Å². The molecule has 0 spiro atoms. The average Bonchev–Trinajstić information content (AvgIpc) is 2.73. The molecule has 0 saturated heterocycles. The summed E-state index contributed by atoms with van der Waals surface area (Å²) >= 11 is 3.54. The van der Waals surface area contributed by atoms with Gasteiger partial charge in [-0.15, -0.1) is 0 Å². The van der Waals surface area contributed by atoms with E-state index in [1.54, 1.807) is 0 Å². The molecule has 3 nitrogen and oxygen atoms in total. The van der Waals surface area contributed by atoms with E-state index in [1.807, 2.05) is 25.5 Å². The Hall–Kier alpha value is -1.13. The Balaban J connectivity index is 1.77. The Kier molecular flexibility index (Phi) is 4.34. The van der Waals surface area contributed by atoms with Crippen LogP contribution < -0.4 is 5.32 Å². The lowest BCUT2D eigenvalue weighted by molar-refractivity contribution is 0.654. The van der Waals surface area contributed by atoms with Crippen LogP contribution >= 0.6 is 15.9 Å². The summed E-state index contributed by atoms with van der Waals surface area (Å²) in [6.45, 7) is 1.82. The third-order valence-corrected chi connectivity index (χ3v) is 3.49. The van der Waals surface area contributed by atoms with Crippen molar-refractivity contribution in [3.8, 4) is 0 Å². The fourth-order valence-corrected chi connectivity index (χ4v) is 2.13. The van der Waals surface area contributed by atoms with Gasteiger partial charge in [-0.25, -0.2) is 4.98 Å². The maximum absolute atomic E-state index is 4.29. The molecule has 0 fully saturated rings. The summed E-state index contributed by atoms with van der Waals surface area (Å²) in [5.41, 5.74) is 1.28. The van der Waals surface area contributed by atoms with Gasteiger partial charge in [-0.1, -0.05) is 34.1 Å². The number of halogens is 1. The Bertz CT molecular complexity index is 479. The molecule has 2 rings (SSSR count). The number of hydrogen-bond acceptors (Lipinski definition) is 2. The topological polar surface area (TPSA) is 29.9 Å². The predicted molar refractivity (Wildman–Crippen MR) is 72.8 cm³/mol. The van der Waals surface area contributed by atoms with E-state index in [0.29, 0.717) is 0 Å². The summed E-state index contributed by atoms with van der Waals surface area (Å²) in [4.78, 5) is 4.29. The van der Waals surface area contributed by atoms with Gasteiger partial charge in [-0.3, -0.25) is 0 Å². The first-order valence-electron chi connectivity index (χ1n) is 5.67. The number of imidazole rings is 1. The van der Waals surface area contributed by atoms with Gasteiger partial charge in [0.1, 0.15) is 5.82 Å². The lowest BCUT2D eigenvalue weighted by Crippen LogP contribution is -2.18. The number of benzene rings is 1. The van der Waals surface area contributed by atoms with Gasteiger partial charge in [0.05, 0.1) is 0 Å². The molecule has 0 atom stereocenters. The van der Waals surface area contributed by atoms with E-state index >= 15 is 0 Å². The summed E-state index contributed by atoms with van der Waals surface area (Å²) in [6.07, 6.45) is 4.76. The Morgan fingerprint density at radius 1 is 1.35 bits per heavy atom. The highest BCUT2D eigenvalue weighted by Gasteiger charge is 2.00. The van der Waals surface area contributed by atoms with Crippen molar-refractivity contribution in [3.05, 3.63) is 52.5 Å². The SMILES string of the molecule is Cn1ccnc1CCNCc1ccccc1Br. The number of nitrogens with one attached hydrogen (secondary N) is 1. The molecule has 1 aromatic carbocycles. The van der Waals surface area contributed by atoms with Crippen LogP contribution in [0.4, 0.5) is 0 Å². The van der Waals surface area contributed by atoms with Crippen molar-refractivity contribution < 1.29 is 0 Å². The third kappa shape index (κ3) is 3.41. The molecule has 1 heterocycles. The molecule has 0 radical (unpaired) electrons. The van der Waals surface area contributed by atoms with Crippen molar-refractivity contribution in [2.24, 2.45) is 7.05 Å². The van der Waals surface area contributed by atoms with Gasteiger partial charge in [-0.05, 0) is 11.6 Å². The zero-order valence-electron chi connectivity index (χ0n) is 9.86. The van der Waals surface area contributed by atoms with Crippen LogP contribution in [0.5, 0.6) is 0 Å². The van der Waals surface area contributed by atoms with E-state index in [1.165, 1.54) is 5.56 Å². The monoisotopic (exact) mass is 293 g/mol. The number of nitrogens with zero attached hydrogens (tertiary/aromatic N) is 2. The van der Waals surface area contributed by atoms with Crippen LogP contribution in [-0.4, -0.2) is 16.1 Å². The molecule has 1 aromatic heterocycles. The molecule has 17 heavy (non-hydrogen) atoms. The van der Waals surface area contributed by atoms with E-state index in [-0.39, 0.29) is 0 Å². The third-order valence-electron chi connectivity index (χ3n) is 2.72. The van der Waals surface area contributed by atoms with Gasteiger partial charge in [0.2, 0.25) is 0 Å². The summed E-state index contributed by atoms with van der Waals surface area (Å²) in [5, 5.41) is 3.42. The molecule has 1 N–H and O–H groups in total. The highest BCUT2D eigenvalue weighted by molar-refractivity contribution is 9.10. The lowest BCUT2D eigenvalue weighted by atomic mass is 10.2. The number of aromatic nitrogens is 2. The normalized spacial score (nSPS) is 10.7. The summed E-state index contributed by atoms with van der Waals surface area (Å²) in [6, 6.07) is 8.27. The van der Waals surface area contributed by atoms with Crippen LogP contribution in [0.3, 0.4) is 0 Å². The Labute approximate surface area is 110 Å². The maximum Gasteiger partial charge on any atom is 0.109 e. The smallest absolute Gasteiger partial charge is 0.109 e. The molecule has 0 amide bonds. The molecule has 4 heteroatoms. The number of aryl methyl sites for hydroxylation is 1. The molecule has 2 aromatic rings. The van der Waals surface area contributed by atoms with Crippen molar-refractivity contribution in [2.75, 3.05) is 6.54 Å². The highest BCUT2D eigenvalue weighted by atomic mass is 79.9. The summed E-state index contributed by atoms with van der Waals surface area (Å²) < 4.78 is 3.21. The molecule has 0 aliphatic rings. The second kappa shape index (κ2) is 5.98. The molecule has 0 saturated carbocycles. The molecular formula is C13H16BrN3. The summed E-state index contributed by atoms with van der Waals surface area (Å²) in [7, 11) is 2.02. The molecule has 0 aliphatic heterocycles. The summed E-state index contributed by atoms with van der Waals surface area (Å²) in [5.74, 6) is 1.12. The maximum atomic E-state index is 4.29. The minimum Gasteiger partial charge on any atom is -0.338 e. The van der Waals surface area contributed by atoms with Crippen molar-refractivity contribution >= 4 is 15.9 Å². The predicted octanol–water partition coefficient (Wildman–Crippen LogP) is 2.51. The van der Waals surface area contributed by atoms with Gasteiger partial charge < -0.3 is 9.88 Å². The molecule has 90 valence electrons. The van der Waals surface area contributed by atoms with E-state index in [0.717, 1.165) is 29.8 Å². The van der Waals surface area contributed by atoms with Crippen molar-refractivity contribution in [1.82, 2.24) is 14.9 Å². The first-order valence-corrected chi connectivity index (χ1v) is 6.47. The fraction of sp³-hybridized carbons (Fsp3) is 0.308. The fourth-order valence-electron chi connectivity index (χ4n) is 1.70. The zero-order valence-corrected chi connectivity index (χ0v) is 11.4. The second-order valence-electron chi connectivity index (χ2n) is 3.97. The molecule has 0 bridgehead atoms. The largest absolute Gasteiger partial charge is 0.338 e. The lowest BCUT2D eigenvalue weighted by Gasteiger charge is -2.06. The van der Waals surface area contributed by atoms with E-state index < -0.39 is 0 Å². The Morgan fingerprint density at radius 3 is 2.88 bits per heavy atom. The van der Waals surface area contributed by atoms with Crippen LogP contribution in [0.2, 0.25) is 0 Å². The van der Waals surface area contributed by atoms with Crippen molar-refractivity contribution in [2.45, 2.75) is 13.0 Å². The number of rotatable bonds is 5. The Morgan fingerprint density at radius 2 is 2.18 bits per heavy atom. The van der Waals surface area contributed by atoms with Crippen LogP contribution in [0.15, 0.2) is 41.1 Å². The van der Waals surface area contributed by atoms with E-state index in [4.69, 9.17) is 0 Å². The van der Waals surface area contributed by atoms with Gasteiger partial charge in [0.15, 0.2) is 0 Å². The first-order chi connectivity index (χ1) is 8.27. The zero-order chi connectivity index (χ0) is 12.1. The first kappa shape index (κ1) is 12.3. The van der Waals surface area contributed by atoms with Gasteiger partial charge >= 0.3 is 0 Å².